The van der Waals surface area contributed by atoms with Gasteiger partial charge in [0.2, 0.25) is 0 Å². The van der Waals surface area contributed by atoms with Gasteiger partial charge in [0.25, 0.3) is 5.56 Å². The molecule has 0 amide bonds. The van der Waals surface area contributed by atoms with Crippen molar-refractivity contribution in [2.45, 2.75) is 52.4 Å². The smallest absolute Gasteiger partial charge is 0.399 e. The zero-order valence-corrected chi connectivity index (χ0v) is 14.9. The Morgan fingerprint density at radius 2 is 1.74 bits per heavy atom. The Morgan fingerprint density at radius 3 is 2.30 bits per heavy atom. The molecule has 2 heterocycles. The highest BCUT2D eigenvalue weighted by atomic mass is 35.5. The topological polar surface area (TPSA) is 40.5 Å². The fourth-order valence-electron chi connectivity index (χ4n) is 2.82. The van der Waals surface area contributed by atoms with Crippen molar-refractivity contribution in [3.63, 3.8) is 0 Å². The number of halogens is 1. The molecule has 0 radical (unpaired) electrons. The van der Waals surface area contributed by atoms with Crippen LogP contribution >= 0.6 is 11.6 Å². The molecule has 1 aliphatic rings. The van der Waals surface area contributed by atoms with Crippen LogP contribution in [-0.2, 0) is 15.9 Å². The average Bonchev–Trinajstić information content (AvgIpc) is 2.67. The Bertz CT molecular complexity index is 812. The molecule has 23 heavy (non-hydrogen) atoms. The van der Waals surface area contributed by atoms with Crippen molar-refractivity contribution in [2.75, 3.05) is 0 Å². The maximum absolute atomic E-state index is 12.0. The first kappa shape index (κ1) is 16.6. The summed E-state index contributed by atoms with van der Waals surface area (Å²) in [7, 11) is -0.442. The summed E-state index contributed by atoms with van der Waals surface area (Å²) in [5.41, 5.74) is 0.857. The molecule has 0 saturated carbocycles. The van der Waals surface area contributed by atoms with Crippen molar-refractivity contribution in [2.24, 2.45) is 0 Å². The molecule has 1 aliphatic heterocycles. The maximum atomic E-state index is 12.0. The van der Waals surface area contributed by atoms with E-state index < -0.39 is 18.3 Å². The molecule has 4 nitrogen and oxygen atoms in total. The molecule has 0 N–H and O–H groups in total. The number of hydrogen-bond acceptors (Lipinski definition) is 3. The lowest BCUT2D eigenvalue weighted by Crippen LogP contribution is -2.41. The summed E-state index contributed by atoms with van der Waals surface area (Å²) in [6.07, 6.45) is 0. The molecule has 3 rings (SSSR count). The van der Waals surface area contributed by atoms with E-state index in [1.807, 2.05) is 52.8 Å². The van der Waals surface area contributed by atoms with Gasteiger partial charge in [-0.25, -0.2) is 0 Å². The van der Waals surface area contributed by atoms with Crippen molar-refractivity contribution >= 4 is 35.1 Å². The monoisotopic (exact) mass is 333 g/mol. The van der Waals surface area contributed by atoms with Gasteiger partial charge in [0.05, 0.1) is 21.7 Å². The van der Waals surface area contributed by atoms with E-state index in [4.69, 9.17) is 20.9 Å². The van der Waals surface area contributed by atoms with E-state index >= 15 is 0 Å². The predicted molar refractivity (Wildman–Crippen MR) is 94.6 cm³/mol. The van der Waals surface area contributed by atoms with Gasteiger partial charge in [0.1, 0.15) is 0 Å². The van der Waals surface area contributed by atoms with Crippen LogP contribution in [0, 0.1) is 0 Å². The number of nitrogens with zero attached hydrogens (tertiary/aromatic N) is 1. The number of hydrogen-bond donors (Lipinski definition) is 0. The Morgan fingerprint density at radius 1 is 1.13 bits per heavy atom. The van der Waals surface area contributed by atoms with Gasteiger partial charge in [0, 0.05) is 18.0 Å². The summed E-state index contributed by atoms with van der Waals surface area (Å²) in [6.45, 7) is 10.6. The molecule has 0 atom stereocenters. The number of benzene rings is 1. The van der Waals surface area contributed by atoms with Gasteiger partial charge in [-0.3, -0.25) is 4.79 Å². The quantitative estimate of drug-likeness (QED) is 0.793. The Labute approximate surface area is 141 Å². The predicted octanol–water partition coefficient (Wildman–Crippen LogP) is 2.97. The summed E-state index contributed by atoms with van der Waals surface area (Å²) in [4.78, 5) is 12.0. The molecular weight excluding hydrogens is 312 g/mol. The number of aryl methyl sites for hydroxylation is 1. The zero-order valence-electron chi connectivity index (χ0n) is 14.1. The number of rotatable bonds is 2. The minimum absolute atomic E-state index is 0.0895. The lowest BCUT2D eigenvalue weighted by Gasteiger charge is -2.32. The highest BCUT2D eigenvalue weighted by Crippen LogP contribution is 2.36. The van der Waals surface area contributed by atoms with Gasteiger partial charge >= 0.3 is 7.12 Å². The van der Waals surface area contributed by atoms with Crippen LogP contribution in [-0.4, -0.2) is 22.9 Å². The van der Waals surface area contributed by atoms with E-state index in [1.165, 1.54) is 6.07 Å². The van der Waals surface area contributed by atoms with Crippen molar-refractivity contribution < 1.29 is 9.31 Å². The Balaban J connectivity index is 2.11. The lowest BCUT2D eigenvalue weighted by molar-refractivity contribution is 0.00578. The van der Waals surface area contributed by atoms with E-state index in [2.05, 4.69) is 0 Å². The SMILES string of the molecule is CCn1c(=O)cc(Cl)c2cc(B3OC(C)(C)C(C)(C)O3)ccc21. The fraction of sp³-hybridized carbons (Fsp3) is 0.471. The van der Waals surface area contributed by atoms with Crippen molar-refractivity contribution in [3.05, 3.63) is 39.6 Å². The van der Waals surface area contributed by atoms with Gasteiger partial charge in [-0.2, -0.15) is 0 Å². The highest BCUT2D eigenvalue weighted by molar-refractivity contribution is 6.62. The Hall–Kier alpha value is -1.30. The second-order valence-electron chi connectivity index (χ2n) is 6.94. The second kappa shape index (κ2) is 5.37. The standard InChI is InChI=1S/C17H21BClNO3/c1-6-20-14-8-7-11(9-12(14)13(19)10-15(20)21)18-22-16(2,3)17(4,5)23-18/h7-10H,6H2,1-5H3. The molecule has 1 fully saturated rings. The number of aromatic nitrogens is 1. The third kappa shape index (κ3) is 2.61. The van der Waals surface area contributed by atoms with E-state index in [1.54, 1.807) is 4.57 Å². The van der Waals surface area contributed by atoms with E-state index in [0.29, 0.717) is 11.6 Å². The number of fused-ring (bicyclic) bond motifs is 1. The van der Waals surface area contributed by atoms with Crippen LogP contribution in [0.5, 0.6) is 0 Å². The first-order valence-corrected chi connectivity index (χ1v) is 8.23. The van der Waals surface area contributed by atoms with Crippen LogP contribution in [0.2, 0.25) is 5.02 Å². The van der Waals surface area contributed by atoms with Gasteiger partial charge in [-0.05, 0) is 46.1 Å². The van der Waals surface area contributed by atoms with Gasteiger partial charge < -0.3 is 13.9 Å². The lowest BCUT2D eigenvalue weighted by atomic mass is 9.78. The molecule has 122 valence electrons. The summed E-state index contributed by atoms with van der Waals surface area (Å²) in [5.74, 6) is 0. The summed E-state index contributed by atoms with van der Waals surface area (Å²) < 4.78 is 13.9. The summed E-state index contributed by atoms with van der Waals surface area (Å²) in [5, 5.41) is 1.29. The molecule has 0 aliphatic carbocycles. The van der Waals surface area contributed by atoms with Crippen LogP contribution < -0.4 is 11.0 Å². The van der Waals surface area contributed by atoms with Crippen molar-refractivity contribution in [3.8, 4) is 0 Å². The normalized spacial score (nSPS) is 19.5. The summed E-state index contributed by atoms with van der Waals surface area (Å²) >= 11 is 6.29. The summed E-state index contributed by atoms with van der Waals surface area (Å²) in [6, 6.07) is 7.26. The van der Waals surface area contributed by atoms with E-state index in [0.717, 1.165) is 16.4 Å². The van der Waals surface area contributed by atoms with Gasteiger partial charge in [-0.1, -0.05) is 23.7 Å². The van der Waals surface area contributed by atoms with Gasteiger partial charge in [0.15, 0.2) is 0 Å². The first-order chi connectivity index (χ1) is 10.7. The minimum Gasteiger partial charge on any atom is -0.399 e. The largest absolute Gasteiger partial charge is 0.494 e. The zero-order chi connectivity index (χ0) is 17.0. The second-order valence-corrected chi connectivity index (χ2v) is 7.35. The van der Waals surface area contributed by atoms with E-state index in [9.17, 15) is 4.79 Å². The molecule has 0 spiro atoms. The van der Waals surface area contributed by atoms with Crippen molar-refractivity contribution in [1.29, 1.82) is 0 Å². The molecule has 0 bridgehead atoms. The Kier molecular flexibility index (Phi) is 3.86. The maximum Gasteiger partial charge on any atom is 0.494 e. The molecule has 2 aromatic rings. The van der Waals surface area contributed by atoms with Crippen LogP contribution in [0.4, 0.5) is 0 Å². The van der Waals surface area contributed by atoms with Crippen LogP contribution in [0.1, 0.15) is 34.6 Å². The molecule has 0 unspecified atom stereocenters. The average molecular weight is 334 g/mol. The van der Waals surface area contributed by atoms with Gasteiger partial charge in [-0.15, -0.1) is 0 Å². The fourth-order valence-corrected chi connectivity index (χ4v) is 3.06. The van der Waals surface area contributed by atoms with Crippen molar-refractivity contribution in [1.82, 2.24) is 4.57 Å². The molecule has 6 heteroatoms. The first-order valence-electron chi connectivity index (χ1n) is 7.85. The van der Waals surface area contributed by atoms with Crippen LogP contribution in [0.3, 0.4) is 0 Å². The highest BCUT2D eigenvalue weighted by Gasteiger charge is 2.51. The number of pyridine rings is 1. The third-order valence-electron chi connectivity index (χ3n) is 4.93. The van der Waals surface area contributed by atoms with E-state index in [-0.39, 0.29) is 5.56 Å². The molecule has 1 saturated heterocycles. The third-order valence-corrected chi connectivity index (χ3v) is 5.24. The van der Waals surface area contributed by atoms with Crippen LogP contribution in [0.25, 0.3) is 10.9 Å². The molecular formula is C17H21BClNO3. The molecule has 1 aromatic heterocycles. The molecule has 1 aromatic carbocycles. The minimum atomic E-state index is -0.442. The van der Waals surface area contributed by atoms with Crippen LogP contribution in [0.15, 0.2) is 29.1 Å².